The lowest BCUT2D eigenvalue weighted by molar-refractivity contribution is -0.120. The molecule has 2 aliphatic rings. The topological polar surface area (TPSA) is 91.6 Å². The summed E-state index contributed by atoms with van der Waals surface area (Å²) < 4.78 is 0. The first kappa shape index (κ1) is 17.5. The minimum Gasteiger partial charge on any atom is -0.361 e. The molecule has 1 aromatic heterocycles. The summed E-state index contributed by atoms with van der Waals surface area (Å²) in [6.07, 6.45) is 5.63. The van der Waals surface area contributed by atoms with Crippen LogP contribution in [0.15, 0.2) is 9.98 Å². The molecule has 2 heterocycles. The third-order valence-electron chi connectivity index (χ3n) is 4.07. The van der Waals surface area contributed by atoms with E-state index in [9.17, 15) is 4.79 Å². The largest absolute Gasteiger partial charge is 0.361 e. The fourth-order valence-corrected chi connectivity index (χ4v) is 3.01. The van der Waals surface area contributed by atoms with Crippen LogP contribution >= 0.6 is 0 Å². The molecule has 0 radical (unpaired) electrons. The van der Waals surface area contributed by atoms with E-state index in [2.05, 4.69) is 37.5 Å². The number of anilines is 1. The minimum atomic E-state index is -0.251. The maximum absolute atomic E-state index is 12.1. The van der Waals surface area contributed by atoms with Gasteiger partial charge in [0.25, 0.3) is 0 Å². The molecule has 7 nitrogen and oxygen atoms in total. The van der Waals surface area contributed by atoms with E-state index < -0.39 is 0 Å². The van der Waals surface area contributed by atoms with Gasteiger partial charge >= 0.3 is 0 Å². The summed E-state index contributed by atoms with van der Waals surface area (Å²) in [5, 5.41) is 6.14. The molecule has 7 heteroatoms. The lowest BCUT2D eigenvalue weighted by atomic mass is 10.1. The van der Waals surface area contributed by atoms with Crippen molar-refractivity contribution in [1.82, 2.24) is 15.3 Å². The van der Waals surface area contributed by atoms with E-state index in [1.807, 2.05) is 27.0 Å². The first-order valence-electron chi connectivity index (χ1n) is 8.87. The van der Waals surface area contributed by atoms with Crippen molar-refractivity contribution in [3.63, 3.8) is 0 Å². The van der Waals surface area contributed by atoms with Crippen molar-refractivity contribution in [2.75, 3.05) is 11.9 Å². The molecule has 1 aromatic rings. The summed E-state index contributed by atoms with van der Waals surface area (Å²) in [4.78, 5) is 30.3. The van der Waals surface area contributed by atoms with Gasteiger partial charge in [0.15, 0.2) is 11.7 Å². The Morgan fingerprint density at radius 2 is 2.08 bits per heavy atom. The first-order chi connectivity index (χ1) is 11.8. The van der Waals surface area contributed by atoms with Gasteiger partial charge in [-0.15, -0.1) is 0 Å². The van der Waals surface area contributed by atoms with Crippen LogP contribution in [-0.2, 0) is 17.6 Å². The van der Waals surface area contributed by atoms with Crippen LogP contribution in [0.3, 0.4) is 0 Å². The monoisotopic (exact) mass is 342 g/mol. The number of carbonyl (C=O) groups is 1. The van der Waals surface area contributed by atoms with Gasteiger partial charge in [0.1, 0.15) is 5.82 Å². The van der Waals surface area contributed by atoms with Gasteiger partial charge in [0.05, 0.1) is 12.6 Å². The second-order valence-corrected chi connectivity index (χ2v) is 7.68. The summed E-state index contributed by atoms with van der Waals surface area (Å²) in [7, 11) is 0. The van der Waals surface area contributed by atoms with Crippen LogP contribution in [0.5, 0.6) is 0 Å². The average molecular weight is 342 g/mol. The van der Waals surface area contributed by atoms with E-state index in [-0.39, 0.29) is 24.0 Å². The van der Waals surface area contributed by atoms with E-state index in [0.717, 1.165) is 42.8 Å². The second kappa shape index (κ2) is 6.90. The lowest BCUT2D eigenvalue weighted by Gasteiger charge is -2.21. The SMILES string of the molecule is C[C@@H]1CC=NC(c2nc3c(c(NCC(=O)NC(C)(C)C)n2)CCC3)=N1. The Kier molecular flexibility index (Phi) is 4.83. The maximum atomic E-state index is 12.1. The van der Waals surface area contributed by atoms with Crippen LogP contribution in [-0.4, -0.2) is 46.1 Å². The highest BCUT2D eigenvalue weighted by Gasteiger charge is 2.23. The number of rotatable bonds is 4. The summed E-state index contributed by atoms with van der Waals surface area (Å²) >= 11 is 0. The number of fused-ring (bicyclic) bond motifs is 1. The molecule has 1 atom stereocenters. The number of hydrogen-bond acceptors (Lipinski definition) is 6. The Morgan fingerprint density at radius 1 is 1.28 bits per heavy atom. The number of nitrogens with one attached hydrogen (secondary N) is 2. The molecular formula is C18H26N6O. The van der Waals surface area contributed by atoms with E-state index in [0.29, 0.717) is 11.7 Å². The molecule has 0 aromatic carbocycles. The molecule has 0 spiro atoms. The van der Waals surface area contributed by atoms with Crippen molar-refractivity contribution in [2.24, 2.45) is 9.98 Å². The Labute approximate surface area is 148 Å². The van der Waals surface area contributed by atoms with Crippen LogP contribution in [0.25, 0.3) is 0 Å². The number of amides is 1. The van der Waals surface area contributed by atoms with Gasteiger partial charge in [-0.05, 0) is 47.0 Å². The van der Waals surface area contributed by atoms with E-state index in [1.54, 1.807) is 0 Å². The van der Waals surface area contributed by atoms with Crippen molar-refractivity contribution in [1.29, 1.82) is 0 Å². The summed E-state index contributed by atoms with van der Waals surface area (Å²) in [5.74, 6) is 1.80. The van der Waals surface area contributed by atoms with Gasteiger partial charge < -0.3 is 10.6 Å². The second-order valence-electron chi connectivity index (χ2n) is 7.68. The molecule has 134 valence electrons. The molecule has 0 saturated heterocycles. The molecule has 0 fully saturated rings. The summed E-state index contributed by atoms with van der Waals surface area (Å²) in [5.41, 5.74) is 1.90. The van der Waals surface area contributed by atoms with Crippen molar-refractivity contribution in [3.05, 3.63) is 17.1 Å². The van der Waals surface area contributed by atoms with Gasteiger partial charge in [-0.1, -0.05) is 0 Å². The van der Waals surface area contributed by atoms with Gasteiger partial charge in [0.2, 0.25) is 5.91 Å². The van der Waals surface area contributed by atoms with E-state index in [1.165, 1.54) is 0 Å². The number of aliphatic imine (C=N–C) groups is 2. The van der Waals surface area contributed by atoms with Gasteiger partial charge in [-0.3, -0.25) is 9.79 Å². The zero-order valence-electron chi connectivity index (χ0n) is 15.4. The Bertz CT molecular complexity index is 732. The van der Waals surface area contributed by atoms with Crippen LogP contribution in [0.4, 0.5) is 5.82 Å². The minimum absolute atomic E-state index is 0.0546. The third kappa shape index (κ3) is 4.41. The van der Waals surface area contributed by atoms with Crippen molar-refractivity contribution in [2.45, 2.75) is 65.0 Å². The summed E-state index contributed by atoms with van der Waals surface area (Å²) in [6.45, 7) is 8.13. The number of amidine groups is 1. The van der Waals surface area contributed by atoms with E-state index in [4.69, 9.17) is 0 Å². The highest BCUT2D eigenvalue weighted by atomic mass is 16.2. The van der Waals surface area contributed by atoms with Crippen LogP contribution in [0.2, 0.25) is 0 Å². The number of carbonyl (C=O) groups excluding carboxylic acids is 1. The maximum Gasteiger partial charge on any atom is 0.239 e. The predicted molar refractivity (Wildman–Crippen MR) is 99.6 cm³/mol. The van der Waals surface area contributed by atoms with Crippen molar-refractivity contribution >= 4 is 23.8 Å². The fraction of sp³-hybridized carbons (Fsp3) is 0.611. The Balaban J connectivity index is 1.81. The molecular weight excluding hydrogens is 316 g/mol. The van der Waals surface area contributed by atoms with Crippen molar-refractivity contribution < 1.29 is 4.79 Å². The Morgan fingerprint density at radius 3 is 2.80 bits per heavy atom. The molecule has 2 N–H and O–H groups in total. The first-order valence-corrected chi connectivity index (χ1v) is 8.87. The number of aryl methyl sites for hydroxylation is 1. The molecule has 1 aliphatic heterocycles. The molecule has 0 bridgehead atoms. The highest BCUT2D eigenvalue weighted by Crippen LogP contribution is 2.26. The zero-order valence-corrected chi connectivity index (χ0v) is 15.4. The number of hydrogen-bond donors (Lipinski definition) is 2. The lowest BCUT2D eigenvalue weighted by Crippen LogP contribution is -2.43. The van der Waals surface area contributed by atoms with Gasteiger partial charge in [-0.2, -0.15) is 0 Å². The molecule has 3 rings (SSSR count). The normalized spacial score (nSPS) is 19.4. The molecule has 1 amide bonds. The molecule has 1 aliphatic carbocycles. The number of aromatic nitrogens is 2. The van der Waals surface area contributed by atoms with Crippen LogP contribution in [0, 0.1) is 0 Å². The summed E-state index contributed by atoms with van der Waals surface area (Å²) in [6, 6.07) is 0.193. The van der Waals surface area contributed by atoms with E-state index >= 15 is 0 Å². The molecule has 0 unspecified atom stereocenters. The zero-order chi connectivity index (χ0) is 18.0. The predicted octanol–water partition coefficient (Wildman–Crippen LogP) is 1.90. The highest BCUT2D eigenvalue weighted by molar-refractivity contribution is 6.01. The fourth-order valence-electron chi connectivity index (χ4n) is 3.01. The van der Waals surface area contributed by atoms with Crippen LogP contribution in [0.1, 0.15) is 57.6 Å². The molecule has 0 saturated carbocycles. The Hall–Kier alpha value is -2.31. The molecule has 25 heavy (non-hydrogen) atoms. The average Bonchev–Trinajstić information content (AvgIpc) is 2.99. The smallest absolute Gasteiger partial charge is 0.239 e. The third-order valence-corrected chi connectivity index (χ3v) is 4.07. The van der Waals surface area contributed by atoms with Crippen molar-refractivity contribution in [3.8, 4) is 0 Å². The standard InChI is InChI=1S/C18H26N6O/c1-11-8-9-19-16(21-11)17-22-13-7-5-6-12(13)15(23-17)20-10-14(25)24-18(2,3)4/h9,11H,5-8,10H2,1-4H3,(H,24,25)(H,20,22,23)/t11-/m1/s1. The quantitative estimate of drug-likeness (QED) is 0.874. The van der Waals surface area contributed by atoms with Gasteiger partial charge in [0, 0.05) is 29.4 Å². The number of nitrogens with zero attached hydrogens (tertiary/aromatic N) is 4. The van der Waals surface area contributed by atoms with Gasteiger partial charge in [-0.25, -0.2) is 15.0 Å². The van der Waals surface area contributed by atoms with Crippen LogP contribution < -0.4 is 10.6 Å².